The van der Waals surface area contributed by atoms with E-state index in [0.29, 0.717) is 11.6 Å². The van der Waals surface area contributed by atoms with Gasteiger partial charge in [-0.15, -0.1) is 11.8 Å². The molecule has 6 heteroatoms. The van der Waals surface area contributed by atoms with Crippen molar-refractivity contribution in [2.45, 2.75) is 32.9 Å². The Balaban J connectivity index is 2.77. The van der Waals surface area contributed by atoms with E-state index in [0.717, 1.165) is 0 Å². The Morgan fingerprint density at radius 1 is 1.50 bits per heavy atom. The summed E-state index contributed by atoms with van der Waals surface area (Å²) >= 11 is 1.44. The molecule has 0 saturated carbocycles. The van der Waals surface area contributed by atoms with Crippen molar-refractivity contribution in [3.8, 4) is 0 Å². The van der Waals surface area contributed by atoms with Gasteiger partial charge in [0.2, 0.25) is 5.91 Å². The Bertz CT molecular complexity index is 301. The standard InChI is InChI=1S/C10H18N2O3S/c1-10(2,3)7(11)8(13)12-5-16-4-6(12)9(14)15/h6-7H,4-5,11H2,1-3H3,(H,14,15)/t6?,7-/m1/s1. The van der Waals surface area contributed by atoms with E-state index in [1.807, 2.05) is 20.8 Å². The summed E-state index contributed by atoms with van der Waals surface area (Å²) in [6.45, 7) is 5.61. The molecule has 0 aromatic carbocycles. The maximum Gasteiger partial charge on any atom is 0.327 e. The van der Waals surface area contributed by atoms with Gasteiger partial charge in [-0.2, -0.15) is 0 Å². The summed E-state index contributed by atoms with van der Waals surface area (Å²) in [5.41, 5.74) is 5.49. The van der Waals surface area contributed by atoms with Gasteiger partial charge in [0, 0.05) is 5.75 Å². The number of aliphatic carboxylic acids is 1. The van der Waals surface area contributed by atoms with Gasteiger partial charge in [0.1, 0.15) is 6.04 Å². The molecule has 1 aliphatic heterocycles. The lowest BCUT2D eigenvalue weighted by Gasteiger charge is -2.31. The lowest BCUT2D eigenvalue weighted by Crippen LogP contribution is -2.53. The fraction of sp³-hybridized carbons (Fsp3) is 0.800. The van der Waals surface area contributed by atoms with Crippen molar-refractivity contribution in [1.29, 1.82) is 0 Å². The molecule has 1 amide bonds. The second kappa shape index (κ2) is 4.63. The van der Waals surface area contributed by atoms with E-state index in [4.69, 9.17) is 10.8 Å². The molecule has 0 spiro atoms. The molecule has 16 heavy (non-hydrogen) atoms. The van der Waals surface area contributed by atoms with E-state index < -0.39 is 18.1 Å². The zero-order chi connectivity index (χ0) is 12.5. The summed E-state index contributed by atoms with van der Waals surface area (Å²) in [4.78, 5) is 24.3. The van der Waals surface area contributed by atoms with Crippen molar-refractivity contribution in [3.63, 3.8) is 0 Å². The van der Waals surface area contributed by atoms with Crippen molar-refractivity contribution >= 4 is 23.6 Å². The maximum absolute atomic E-state index is 12.0. The summed E-state index contributed by atoms with van der Waals surface area (Å²) in [5.74, 6) is -0.373. The highest BCUT2D eigenvalue weighted by molar-refractivity contribution is 7.99. The first-order chi connectivity index (χ1) is 7.25. The number of carboxylic acid groups (broad SMARTS) is 1. The SMILES string of the molecule is CC(C)(C)[C@H](N)C(=O)N1CSCC1C(=O)O. The second-order valence-electron chi connectivity index (χ2n) is 5.01. The molecule has 1 aliphatic rings. The number of carbonyl (C=O) groups excluding carboxylic acids is 1. The third-order valence-corrected chi connectivity index (χ3v) is 3.66. The van der Waals surface area contributed by atoms with Crippen molar-refractivity contribution in [2.75, 3.05) is 11.6 Å². The highest BCUT2D eigenvalue weighted by Crippen LogP contribution is 2.25. The second-order valence-corrected chi connectivity index (χ2v) is 6.01. The van der Waals surface area contributed by atoms with Gasteiger partial charge < -0.3 is 15.7 Å². The van der Waals surface area contributed by atoms with Gasteiger partial charge in [0.05, 0.1) is 11.9 Å². The van der Waals surface area contributed by atoms with Crippen LogP contribution in [-0.4, -0.2) is 45.6 Å². The molecule has 0 aliphatic carbocycles. The molecule has 3 N–H and O–H groups in total. The number of carbonyl (C=O) groups is 2. The largest absolute Gasteiger partial charge is 0.480 e. The van der Waals surface area contributed by atoms with Gasteiger partial charge in [-0.05, 0) is 5.41 Å². The Labute approximate surface area is 99.4 Å². The Morgan fingerprint density at radius 2 is 2.06 bits per heavy atom. The molecule has 92 valence electrons. The topological polar surface area (TPSA) is 83.6 Å². The molecule has 0 radical (unpaired) electrons. The number of rotatable bonds is 2. The first kappa shape index (κ1) is 13.3. The van der Waals surface area contributed by atoms with Gasteiger partial charge in [-0.25, -0.2) is 4.79 Å². The molecule has 2 atom stereocenters. The Hall–Kier alpha value is -0.750. The van der Waals surface area contributed by atoms with Crippen molar-refractivity contribution in [2.24, 2.45) is 11.1 Å². The Morgan fingerprint density at radius 3 is 2.50 bits per heavy atom. The van der Waals surface area contributed by atoms with Crippen LogP contribution in [0.25, 0.3) is 0 Å². The normalized spacial score (nSPS) is 23.2. The number of thioether (sulfide) groups is 1. The van der Waals surface area contributed by atoms with Crippen LogP contribution in [0, 0.1) is 5.41 Å². The minimum absolute atomic E-state index is 0.273. The number of nitrogens with two attached hydrogens (primary N) is 1. The maximum atomic E-state index is 12.0. The average molecular weight is 246 g/mol. The van der Waals surface area contributed by atoms with Crippen LogP contribution >= 0.6 is 11.8 Å². The molecular formula is C10H18N2O3S. The Kier molecular flexibility index (Phi) is 3.85. The molecule has 0 bridgehead atoms. The molecule has 5 nitrogen and oxygen atoms in total. The van der Waals surface area contributed by atoms with Crippen LogP contribution in [0.15, 0.2) is 0 Å². The highest BCUT2D eigenvalue weighted by Gasteiger charge is 2.39. The fourth-order valence-electron chi connectivity index (χ4n) is 1.41. The van der Waals surface area contributed by atoms with E-state index >= 15 is 0 Å². The zero-order valence-corrected chi connectivity index (χ0v) is 10.6. The third-order valence-electron chi connectivity index (χ3n) is 2.65. The van der Waals surface area contributed by atoms with E-state index in [2.05, 4.69) is 0 Å². The van der Waals surface area contributed by atoms with Crippen LogP contribution in [0.1, 0.15) is 20.8 Å². The average Bonchev–Trinajstić information content (AvgIpc) is 2.62. The van der Waals surface area contributed by atoms with Crippen LogP contribution in [0.2, 0.25) is 0 Å². The van der Waals surface area contributed by atoms with E-state index in [1.165, 1.54) is 16.7 Å². The van der Waals surface area contributed by atoms with Crippen LogP contribution in [0.3, 0.4) is 0 Å². The van der Waals surface area contributed by atoms with Gasteiger partial charge in [-0.3, -0.25) is 4.79 Å². The molecule has 1 rings (SSSR count). The fourth-order valence-corrected chi connectivity index (χ4v) is 2.57. The molecule has 0 aromatic rings. The van der Waals surface area contributed by atoms with E-state index in [-0.39, 0.29) is 11.3 Å². The number of nitrogens with zero attached hydrogens (tertiary/aromatic N) is 1. The molecule has 1 heterocycles. The zero-order valence-electron chi connectivity index (χ0n) is 9.77. The first-order valence-electron chi connectivity index (χ1n) is 5.11. The van der Waals surface area contributed by atoms with Gasteiger partial charge in [0.15, 0.2) is 0 Å². The van der Waals surface area contributed by atoms with Crippen LogP contribution in [0.4, 0.5) is 0 Å². The molecule has 0 aromatic heterocycles. The van der Waals surface area contributed by atoms with Crippen molar-refractivity contribution in [1.82, 2.24) is 4.90 Å². The van der Waals surface area contributed by atoms with Crippen LogP contribution in [0.5, 0.6) is 0 Å². The molecule has 1 saturated heterocycles. The number of hydrogen-bond donors (Lipinski definition) is 2. The van der Waals surface area contributed by atoms with Crippen molar-refractivity contribution in [3.05, 3.63) is 0 Å². The quantitative estimate of drug-likeness (QED) is 0.734. The number of hydrogen-bond acceptors (Lipinski definition) is 4. The molecule has 1 unspecified atom stereocenters. The number of amides is 1. The minimum Gasteiger partial charge on any atom is -0.480 e. The third kappa shape index (κ3) is 2.68. The lowest BCUT2D eigenvalue weighted by atomic mass is 9.86. The smallest absolute Gasteiger partial charge is 0.327 e. The van der Waals surface area contributed by atoms with E-state index in [9.17, 15) is 9.59 Å². The first-order valence-corrected chi connectivity index (χ1v) is 6.27. The van der Waals surface area contributed by atoms with Crippen LogP contribution in [-0.2, 0) is 9.59 Å². The monoisotopic (exact) mass is 246 g/mol. The summed E-state index contributed by atoms with van der Waals surface area (Å²) in [6.07, 6.45) is 0. The predicted molar refractivity (Wildman–Crippen MR) is 63.0 cm³/mol. The lowest BCUT2D eigenvalue weighted by molar-refractivity contribution is -0.149. The number of carboxylic acids is 1. The van der Waals surface area contributed by atoms with Crippen molar-refractivity contribution < 1.29 is 14.7 Å². The summed E-state index contributed by atoms with van der Waals surface area (Å²) in [7, 11) is 0. The van der Waals surface area contributed by atoms with Crippen LogP contribution < -0.4 is 5.73 Å². The summed E-state index contributed by atoms with van der Waals surface area (Å²) < 4.78 is 0. The van der Waals surface area contributed by atoms with Gasteiger partial charge in [0.25, 0.3) is 0 Å². The van der Waals surface area contributed by atoms with E-state index in [1.54, 1.807) is 0 Å². The van der Waals surface area contributed by atoms with Gasteiger partial charge >= 0.3 is 5.97 Å². The molecule has 1 fully saturated rings. The predicted octanol–water partition coefficient (Wildman–Crippen LogP) is 0.346. The minimum atomic E-state index is -0.959. The van der Waals surface area contributed by atoms with Gasteiger partial charge in [-0.1, -0.05) is 20.8 Å². The summed E-state index contributed by atoms with van der Waals surface area (Å²) in [5, 5.41) is 8.97. The highest BCUT2D eigenvalue weighted by atomic mass is 32.2. The molecular weight excluding hydrogens is 228 g/mol. The summed E-state index contributed by atoms with van der Waals surface area (Å²) in [6, 6.07) is -1.39.